The van der Waals surface area contributed by atoms with Gasteiger partial charge in [0.25, 0.3) is 0 Å². The maximum Gasteiger partial charge on any atom is 0.223 e. The minimum Gasteiger partial charge on any atom is -0.336 e. The van der Waals surface area contributed by atoms with Gasteiger partial charge in [-0.05, 0) is 5.92 Å². The summed E-state index contributed by atoms with van der Waals surface area (Å²) in [4.78, 5) is 17.4. The van der Waals surface area contributed by atoms with Crippen molar-refractivity contribution in [2.24, 2.45) is 5.92 Å². The number of amides is 1. The molecular weight excluding hydrogens is 220 g/mol. The first-order chi connectivity index (χ1) is 6.65. The topological polar surface area (TPSA) is 33.2 Å². The van der Waals surface area contributed by atoms with Gasteiger partial charge in [-0.2, -0.15) is 0 Å². The van der Waals surface area contributed by atoms with Crippen LogP contribution in [-0.4, -0.2) is 22.3 Å². The highest BCUT2D eigenvalue weighted by Gasteiger charge is 2.26. The Kier molecular flexibility index (Phi) is 2.74. The van der Waals surface area contributed by atoms with E-state index in [9.17, 15) is 4.79 Å². The SMILES string of the molecule is CC1CC(=O)N(Cc2csc(Cl)n2)C1. The first-order valence-corrected chi connectivity index (χ1v) is 5.78. The second-order valence-corrected chi connectivity index (χ2v) is 5.12. The highest BCUT2D eigenvalue weighted by Crippen LogP contribution is 2.21. The predicted octanol–water partition coefficient (Wildman–Crippen LogP) is 2.16. The molecule has 5 heteroatoms. The van der Waals surface area contributed by atoms with Crippen molar-refractivity contribution in [3.05, 3.63) is 15.5 Å². The fourth-order valence-corrected chi connectivity index (χ4v) is 2.45. The Morgan fingerprint density at radius 1 is 1.79 bits per heavy atom. The van der Waals surface area contributed by atoms with E-state index in [1.807, 2.05) is 10.3 Å². The van der Waals surface area contributed by atoms with Crippen molar-refractivity contribution in [3.63, 3.8) is 0 Å². The number of hydrogen-bond donors (Lipinski definition) is 0. The first kappa shape index (κ1) is 9.93. The van der Waals surface area contributed by atoms with E-state index in [4.69, 9.17) is 11.6 Å². The van der Waals surface area contributed by atoms with Crippen LogP contribution in [-0.2, 0) is 11.3 Å². The molecule has 14 heavy (non-hydrogen) atoms. The normalized spacial score (nSPS) is 22.0. The third kappa shape index (κ3) is 2.07. The van der Waals surface area contributed by atoms with Gasteiger partial charge >= 0.3 is 0 Å². The van der Waals surface area contributed by atoms with Crippen LogP contribution in [0.3, 0.4) is 0 Å². The van der Waals surface area contributed by atoms with Crippen LogP contribution in [0.4, 0.5) is 0 Å². The molecule has 3 nitrogen and oxygen atoms in total. The van der Waals surface area contributed by atoms with Crippen LogP contribution < -0.4 is 0 Å². The fourth-order valence-electron chi connectivity index (χ4n) is 1.67. The lowest BCUT2D eigenvalue weighted by Crippen LogP contribution is -2.24. The van der Waals surface area contributed by atoms with E-state index in [0.717, 1.165) is 12.2 Å². The van der Waals surface area contributed by atoms with E-state index >= 15 is 0 Å². The van der Waals surface area contributed by atoms with Crippen molar-refractivity contribution < 1.29 is 4.79 Å². The van der Waals surface area contributed by atoms with Crippen LogP contribution in [0.2, 0.25) is 4.47 Å². The summed E-state index contributed by atoms with van der Waals surface area (Å²) < 4.78 is 0.541. The predicted molar refractivity (Wildman–Crippen MR) is 56.3 cm³/mol. The number of carbonyl (C=O) groups is 1. The van der Waals surface area contributed by atoms with Gasteiger partial charge in [-0.25, -0.2) is 4.98 Å². The molecular formula is C9H11ClN2OS. The molecule has 0 N–H and O–H groups in total. The molecule has 0 saturated carbocycles. The Balaban J connectivity index is 2.01. The van der Waals surface area contributed by atoms with Gasteiger partial charge in [0.1, 0.15) is 0 Å². The zero-order valence-corrected chi connectivity index (χ0v) is 9.44. The Hall–Kier alpha value is -0.610. The smallest absolute Gasteiger partial charge is 0.223 e. The molecule has 1 saturated heterocycles. The summed E-state index contributed by atoms with van der Waals surface area (Å²) in [5, 5.41) is 1.90. The minimum atomic E-state index is 0.224. The van der Waals surface area contributed by atoms with Crippen molar-refractivity contribution in [1.82, 2.24) is 9.88 Å². The van der Waals surface area contributed by atoms with Crippen LogP contribution in [0.25, 0.3) is 0 Å². The summed E-state index contributed by atoms with van der Waals surface area (Å²) in [5.41, 5.74) is 0.891. The molecule has 0 bridgehead atoms. The van der Waals surface area contributed by atoms with Crippen molar-refractivity contribution in [3.8, 4) is 0 Å². The molecule has 0 aliphatic carbocycles. The Morgan fingerprint density at radius 3 is 3.07 bits per heavy atom. The third-order valence-corrected chi connectivity index (χ3v) is 3.31. The molecule has 1 fully saturated rings. The molecule has 1 unspecified atom stereocenters. The van der Waals surface area contributed by atoms with Gasteiger partial charge < -0.3 is 4.90 Å². The molecule has 2 rings (SSSR count). The summed E-state index contributed by atoms with van der Waals surface area (Å²) in [5.74, 6) is 0.693. The van der Waals surface area contributed by atoms with E-state index in [-0.39, 0.29) is 5.91 Å². The maximum atomic E-state index is 11.5. The Labute approximate surface area is 91.7 Å². The Bertz CT molecular complexity index is 352. The molecule has 1 atom stereocenters. The lowest BCUT2D eigenvalue weighted by Gasteiger charge is -2.13. The van der Waals surface area contributed by atoms with Gasteiger partial charge in [-0.3, -0.25) is 4.79 Å². The van der Waals surface area contributed by atoms with Gasteiger partial charge in [-0.15, -0.1) is 11.3 Å². The monoisotopic (exact) mass is 230 g/mol. The summed E-state index contributed by atoms with van der Waals surface area (Å²) in [6.07, 6.45) is 0.665. The number of halogens is 1. The minimum absolute atomic E-state index is 0.224. The standard InChI is InChI=1S/C9H11ClN2OS/c1-6-2-8(13)12(3-6)4-7-5-14-9(10)11-7/h5-6H,2-4H2,1H3. The van der Waals surface area contributed by atoms with E-state index < -0.39 is 0 Å². The van der Waals surface area contributed by atoms with Crippen molar-refractivity contribution in [1.29, 1.82) is 0 Å². The van der Waals surface area contributed by atoms with Crippen LogP contribution in [0.5, 0.6) is 0 Å². The van der Waals surface area contributed by atoms with Gasteiger partial charge in [-0.1, -0.05) is 18.5 Å². The number of rotatable bonds is 2. The molecule has 1 aromatic heterocycles. The summed E-state index contributed by atoms with van der Waals surface area (Å²) >= 11 is 7.12. The quantitative estimate of drug-likeness (QED) is 0.780. The molecule has 1 aromatic rings. The van der Waals surface area contributed by atoms with E-state index in [2.05, 4.69) is 11.9 Å². The molecule has 2 heterocycles. The second kappa shape index (κ2) is 3.87. The van der Waals surface area contributed by atoms with Crippen molar-refractivity contribution >= 4 is 28.8 Å². The number of carbonyl (C=O) groups excluding carboxylic acids is 1. The van der Waals surface area contributed by atoms with Gasteiger partial charge in [0, 0.05) is 18.3 Å². The lowest BCUT2D eigenvalue weighted by molar-refractivity contribution is -0.128. The molecule has 1 aliphatic rings. The zero-order valence-electron chi connectivity index (χ0n) is 7.86. The Morgan fingerprint density at radius 2 is 2.57 bits per heavy atom. The van der Waals surface area contributed by atoms with Crippen LogP contribution in [0, 0.1) is 5.92 Å². The fraction of sp³-hybridized carbons (Fsp3) is 0.556. The molecule has 1 amide bonds. The van der Waals surface area contributed by atoms with E-state index in [0.29, 0.717) is 23.4 Å². The van der Waals surface area contributed by atoms with Crippen LogP contribution >= 0.6 is 22.9 Å². The van der Waals surface area contributed by atoms with Gasteiger partial charge in [0.15, 0.2) is 4.47 Å². The second-order valence-electron chi connectivity index (χ2n) is 3.68. The average Bonchev–Trinajstić information content (AvgIpc) is 2.61. The third-order valence-electron chi connectivity index (χ3n) is 2.28. The van der Waals surface area contributed by atoms with Crippen LogP contribution in [0.1, 0.15) is 19.0 Å². The highest BCUT2D eigenvalue weighted by atomic mass is 35.5. The molecule has 76 valence electrons. The van der Waals surface area contributed by atoms with E-state index in [1.165, 1.54) is 11.3 Å². The maximum absolute atomic E-state index is 11.5. The highest BCUT2D eigenvalue weighted by molar-refractivity contribution is 7.13. The summed E-state index contributed by atoms with van der Waals surface area (Å²) in [7, 11) is 0. The number of likely N-dealkylation sites (tertiary alicyclic amines) is 1. The zero-order chi connectivity index (χ0) is 10.1. The molecule has 0 spiro atoms. The molecule has 1 aliphatic heterocycles. The first-order valence-electron chi connectivity index (χ1n) is 4.53. The van der Waals surface area contributed by atoms with E-state index in [1.54, 1.807) is 0 Å². The number of nitrogens with zero attached hydrogens (tertiary/aromatic N) is 2. The number of aromatic nitrogens is 1. The van der Waals surface area contributed by atoms with Crippen LogP contribution in [0.15, 0.2) is 5.38 Å². The number of thiazole rings is 1. The largest absolute Gasteiger partial charge is 0.336 e. The van der Waals surface area contributed by atoms with Gasteiger partial charge in [0.2, 0.25) is 5.91 Å². The number of hydrogen-bond acceptors (Lipinski definition) is 3. The molecule has 0 radical (unpaired) electrons. The lowest BCUT2D eigenvalue weighted by atomic mass is 10.2. The van der Waals surface area contributed by atoms with Crippen molar-refractivity contribution in [2.45, 2.75) is 19.9 Å². The molecule has 0 aromatic carbocycles. The summed E-state index contributed by atoms with van der Waals surface area (Å²) in [6, 6.07) is 0. The van der Waals surface area contributed by atoms with Gasteiger partial charge in [0.05, 0.1) is 12.2 Å². The summed E-state index contributed by atoms with van der Waals surface area (Å²) in [6.45, 7) is 3.53. The van der Waals surface area contributed by atoms with Crippen molar-refractivity contribution in [2.75, 3.05) is 6.54 Å². The average molecular weight is 231 g/mol.